The Hall–Kier alpha value is 2.18. The van der Waals surface area contributed by atoms with Crippen molar-refractivity contribution in [2.75, 3.05) is 0 Å². The third-order valence-electron chi connectivity index (χ3n) is 3.74. The van der Waals surface area contributed by atoms with Crippen molar-refractivity contribution in [3.63, 3.8) is 0 Å². The van der Waals surface area contributed by atoms with Crippen LogP contribution in [-0.4, -0.2) is 62.3 Å². The second kappa shape index (κ2) is 12.5. The number of aliphatic hydroxyl groups excluding tert-OH is 2. The fraction of sp³-hybridized carbons (Fsp3) is 0.714. The minimum absolute atomic E-state index is 0. The molecule has 6 radical (unpaired) electrons. The maximum absolute atomic E-state index is 9.23. The smallest absolute Gasteiger partial charge is 0.112 e. The molecule has 0 bridgehead atoms. The van der Waals surface area contributed by atoms with Crippen LogP contribution in [0.5, 0.6) is 0 Å². The van der Waals surface area contributed by atoms with Crippen LogP contribution >= 0.6 is 0 Å². The Morgan fingerprint density at radius 2 is 1.05 bits per heavy atom. The molecule has 0 aromatic carbocycles. The predicted octanol–water partition coefficient (Wildman–Crippen LogP) is -0.175. The third-order valence-corrected chi connectivity index (χ3v) is 3.74. The van der Waals surface area contributed by atoms with E-state index in [9.17, 15) is 10.2 Å². The Balaban J connectivity index is 0. The van der Waals surface area contributed by atoms with Crippen LogP contribution in [0.25, 0.3) is 0 Å². The van der Waals surface area contributed by atoms with E-state index >= 15 is 0 Å². The fourth-order valence-electron chi connectivity index (χ4n) is 2.26. The van der Waals surface area contributed by atoms with Crippen LogP contribution in [0.1, 0.15) is 12.8 Å². The van der Waals surface area contributed by atoms with Crippen molar-refractivity contribution in [2.24, 2.45) is 11.8 Å². The van der Waals surface area contributed by atoms with Gasteiger partial charge in [-0.1, -0.05) is 0 Å². The Kier molecular flexibility index (Phi) is 15.0. The molecule has 4 nitrogen and oxygen atoms in total. The summed E-state index contributed by atoms with van der Waals surface area (Å²) in [6.07, 6.45) is -0.203. The molecule has 0 aromatic heterocycles. The number of rotatable bonds is 2. The molecule has 0 aromatic rings. The van der Waals surface area contributed by atoms with Gasteiger partial charge < -0.3 is 47.4 Å². The molecule has 0 spiro atoms. The monoisotopic (exact) mass is 454 g/mol. The maximum atomic E-state index is 9.23. The molecular formula is C14H22B2O4Y2-4. The van der Waals surface area contributed by atoms with Crippen molar-refractivity contribution in [1.82, 2.24) is 0 Å². The summed E-state index contributed by atoms with van der Waals surface area (Å²) in [4.78, 5) is 0. The molecule has 8 atom stereocenters. The molecule has 8 heteroatoms. The Labute approximate surface area is 187 Å². The topological polar surface area (TPSA) is 58.9 Å². The van der Waals surface area contributed by atoms with Crippen molar-refractivity contribution in [2.45, 2.75) is 49.3 Å². The molecule has 2 aliphatic heterocycles. The zero-order valence-corrected chi connectivity index (χ0v) is 18.6. The molecule has 2 aliphatic rings. The Morgan fingerprint density at radius 3 is 1.14 bits per heavy atom. The number of ether oxygens (including phenoxy) is 2. The largest absolute Gasteiger partial charge is 0.394 e. The van der Waals surface area contributed by atoms with Crippen molar-refractivity contribution in [3.05, 3.63) is 27.7 Å². The summed E-state index contributed by atoms with van der Waals surface area (Å²) in [7, 11) is 10.8. The summed E-state index contributed by atoms with van der Waals surface area (Å²) in [5.74, 6) is -0.264. The van der Waals surface area contributed by atoms with Crippen LogP contribution in [0.2, 0.25) is 0 Å². The average Bonchev–Trinajstić information content (AvgIpc) is 2.84. The van der Waals surface area contributed by atoms with E-state index in [-0.39, 0.29) is 89.5 Å². The van der Waals surface area contributed by atoms with Crippen LogP contribution in [0, 0.1) is 39.5 Å². The van der Waals surface area contributed by atoms with Crippen molar-refractivity contribution >= 4 is 15.7 Å². The molecule has 0 saturated carbocycles. The van der Waals surface area contributed by atoms with Gasteiger partial charge in [-0.05, 0) is 0 Å². The third kappa shape index (κ3) is 6.82. The molecule has 2 rings (SSSR count). The quantitative estimate of drug-likeness (QED) is 0.450. The van der Waals surface area contributed by atoms with E-state index < -0.39 is 24.2 Å². The first-order valence-electron chi connectivity index (χ1n) is 6.76. The molecule has 0 aliphatic carbocycles. The van der Waals surface area contributed by atoms with Crippen molar-refractivity contribution in [3.8, 4) is 0 Å². The fourth-order valence-corrected chi connectivity index (χ4v) is 2.26. The first kappa shape index (κ1) is 26.4. The zero-order chi connectivity index (χ0) is 15.4. The summed E-state index contributed by atoms with van der Waals surface area (Å²) < 4.78 is 10.3. The second-order valence-electron chi connectivity index (χ2n) is 5.16. The molecular weight excluding hydrogens is 432 g/mol. The SMILES string of the molecule is [B][C@@H]1O[C@H](C[CH2-])C([CH2-])[C@@H]1O.[B][C@@H]1O[C@H](C[CH2-])[C@H]([CH2-])C1O.[Y].[Y]. The van der Waals surface area contributed by atoms with Crippen LogP contribution in [0.15, 0.2) is 0 Å². The average molecular weight is 454 g/mol. The Morgan fingerprint density at radius 1 is 0.773 bits per heavy atom. The number of hydrogen-bond donors (Lipinski definition) is 2. The molecule has 2 saturated heterocycles. The van der Waals surface area contributed by atoms with Gasteiger partial charge in [-0.25, -0.2) is 0 Å². The maximum Gasteiger partial charge on any atom is 0.112 e. The second-order valence-corrected chi connectivity index (χ2v) is 5.16. The summed E-state index contributed by atoms with van der Waals surface area (Å²) in [6.45, 7) is 14.8. The molecule has 2 heterocycles. The van der Waals surface area contributed by atoms with E-state index in [1.807, 2.05) is 0 Å². The van der Waals surface area contributed by atoms with Gasteiger partial charge in [0.1, 0.15) is 15.7 Å². The van der Waals surface area contributed by atoms with Gasteiger partial charge in [0.25, 0.3) is 0 Å². The van der Waals surface area contributed by atoms with E-state index in [4.69, 9.17) is 25.2 Å². The van der Waals surface area contributed by atoms with Gasteiger partial charge in [-0.2, -0.15) is 12.8 Å². The minimum atomic E-state index is -0.633. The molecule has 2 unspecified atom stereocenters. The molecule has 0 amide bonds. The first-order chi connectivity index (χ1) is 9.33. The Bertz CT molecular complexity index is 274. The van der Waals surface area contributed by atoms with E-state index in [0.717, 1.165) is 0 Å². The van der Waals surface area contributed by atoms with E-state index in [1.54, 1.807) is 0 Å². The normalized spacial score (nSPS) is 43.5. The van der Waals surface area contributed by atoms with Gasteiger partial charge in [0.05, 0.1) is 0 Å². The van der Waals surface area contributed by atoms with Crippen molar-refractivity contribution in [1.29, 1.82) is 0 Å². The van der Waals surface area contributed by atoms with Gasteiger partial charge in [0.2, 0.25) is 0 Å². The van der Waals surface area contributed by atoms with Gasteiger partial charge in [0, 0.05) is 102 Å². The van der Waals surface area contributed by atoms with Crippen molar-refractivity contribution < 1.29 is 85.1 Å². The zero-order valence-electron chi connectivity index (χ0n) is 12.9. The van der Waals surface area contributed by atoms with Gasteiger partial charge in [-0.15, -0.1) is 11.8 Å². The minimum Gasteiger partial charge on any atom is -0.394 e. The van der Waals surface area contributed by atoms with Crippen LogP contribution in [0.4, 0.5) is 0 Å². The summed E-state index contributed by atoms with van der Waals surface area (Å²) in [5, 5.41) is 18.5. The van der Waals surface area contributed by atoms with Crippen LogP contribution in [0.3, 0.4) is 0 Å². The standard InChI is InChI=1S/2C7H11BO2.2Y/c2*1-3-5-4(2)6(9)7(8)10-5;;/h2*4-7,9H,1-3H2;;/q2*-2;;/t4?,5-,6+,7-;4-,5+,6?,7+;;/m10../s1. The van der Waals surface area contributed by atoms with E-state index in [1.165, 1.54) is 0 Å². The van der Waals surface area contributed by atoms with Gasteiger partial charge >= 0.3 is 0 Å². The molecule has 2 fully saturated rings. The van der Waals surface area contributed by atoms with Crippen LogP contribution < -0.4 is 0 Å². The molecule has 118 valence electrons. The van der Waals surface area contributed by atoms with E-state index in [0.29, 0.717) is 12.8 Å². The number of hydrogen-bond acceptors (Lipinski definition) is 4. The van der Waals surface area contributed by atoms with Crippen LogP contribution in [-0.2, 0) is 74.9 Å². The first-order valence-corrected chi connectivity index (χ1v) is 6.76. The summed E-state index contributed by atoms with van der Waals surface area (Å²) >= 11 is 0. The predicted molar refractivity (Wildman–Crippen MR) is 78.5 cm³/mol. The summed E-state index contributed by atoms with van der Waals surface area (Å²) in [6, 6.07) is -1.15. The molecule has 22 heavy (non-hydrogen) atoms. The number of aliphatic hydroxyl groups is 2. The summed E-state index contributed by atoms with van der Waals surface area (Å²) in [5.41, 5.74) is 0. The van der Waals surface area contributed by atoms with Gasteiger partial charge in [0.15, 0.2) is 0 Å². The van der Waals surface area contributed by atoms with Gasteiger partial charge in [-0.3, -0.25) is 0 Å². The molecule has 2 N–H and O–H groups in total. The van der Waals surface area contributed by atoms with E-state index in [2.05, 4.69) is 27.7 Å².